The number of aromatic nitrogens is 2. The molecule has 41 heavy (non-hydrogen) atoms. The molecule has 1 saturated heterocycles. The smallest absolute Gasteiger partial charge is 0.330 e. The first-order valence-electron chi connectivity index (χ1n) is 13.6. The number of aromatic amines is 1. The molecular weight excluding hydrogens is 550 g/mol. The third kappa shape index (κ3) is 7.33. The van der Waals surface area contributed by atoms with Crippen molar-refractivity contribution in [3.63, 3.8) is 0 Å². The molecule has 1 aromatic carbocycles. The summed E-state index contributed by atoms with van der Waals surface area (Å²) >= 11 is 0. The van der Waals surface area contributed by atoms with Gasteiger partial charge in [0.05, 0.1) is 48.6 Å². The van der Waals surface area contributed by atoms with Gasteiger partial charge in [0.1, 0.15) is 18.1 Å². The number of aliphatic hydroxyl groups excluding tert-OH is 1. The first-order chi connectivity index (χ1) is 18.9. The molecule has 0 unspecified atom stereocenters. The van der Waals surface area contributed by atoms with Gasteiger partial charge in [0, 0.05) is 18.7 Å². The van der Waals surface area contributed by atoms with Crippen molar-refractivity contribution in [2.75, 3.05) is 13.7 Å². The summed E-state index contributed by atoms with van der Waals surface area (Å²) in [6.45, 7) is 15.7. The predicted octanol–water partition coefficient (Wildman–Crippen LogP) is 4.43. The number of hydrogen-bond donors (Lipinski definition) is 2. The van der Waals surface area contributed by atoms with Gasteiger partial charge in [-0.2, -0.15) is 0 Å². The zero-order chi connectivity index (χ0) is 30.9. The summed E-state index contributed by atoms with van der Waals surface area (Å²) in [6, 6.07) is 4.43. The Morgan fingerprint density at radius 3 is 2.41 bits per heavy atom. The van der Waals surface area contributed by atoms with Crippen LogP contribution in [0.5, 0.6) is 5.75 Å². The van der Waals surface area contributed by atoms with Crippen molar-refractivity contribution in [2.45, 2.75) is 97.2 Å². The zero-order valence-electron chi connectivity index (χ0n) is 25.3. The van der Waals surface area contributed by atoms with Crippen molar-refractivity contribution in [1.29, 1.82) is 0 Å². The SMILES string of the molecule is COc1ccc([N+](=O)[O-])c([C@@H](OCc2cn([C@H]3C[C@@H](O[Si](C)(C)C(C)(C)C)[C@@H](CO)O3)c(=O)[nH]c2=O)C(C)(C)C)c1. The molecule has 0 saturated carbocycles. The summed E-state index contributed by atoms with van der Waals surface area (Å²) in [5.74, 6) is 0.432. The number of benzene rings is 1. The van der Waals surface area contributed by atoms with Gasteiger partial charge in [0.2, 0.25) is 0 Å². The Hall–Kier alpha value is -2.84. The summed E-state index contributed by atoms with van der Waals surface area (Å²) in [7, 11) is -0.733. The Morgan fingerprint density at radius 1 is 1.22 bits per heavy atom. The second-order valence-corrected chi connectivity index (χ2v) is 17.8. The van der Waals surface area contributed by atoms with E-state index >= 15 is 0 Å². The van der Waals surface area contributed by atoms with Crippen LogP contribution < -0.4 is 16.0 Å². The first kappa shape index (κ1) is 32.7. The second kappa shape index (κ2) is 12.2. The van der Waals surface area contributed by atoms with Crippen molar-refractivity contribution >= 4 is 14.0 Å². The summed E-state index contributed by atoms with van der Waals surface area (Å²) < 4.78 is 25.3. The maximum atomic E-state index is 12.8. The average molecular weight is 594 g/mol. The summed E-state index contributed by atoms with van der Waals surface area (Å²) in [6.07, 6.45) is -0.932. The highest BCUT2D eigenvalue weighted by Crippen LogP contribution is 2.43. The molecule has 0 amide bonds. The van der Waals surface area contributed by atoms with Crippen molar-refractivity contribution in [3.05, 3.63) is 66.5 Å². The van der Waals surface area contributed by atoms with Crippen molar-refractivity contribution in [1.82, 2.24) is 9.55 Å². The quantitative estimate of drug-likeness (QED) is 0.231. The van der Waals surface area contributed by atoms with E-state index in [0.717, 1.165) is 0 Å². The summed E-state index contributed by atoms with van der Waals surface area (Å²) in [5.41, 5.74) is -1.58. The van der Waals surface area contributed by atoms with Crippen LogP contribution in [0.3, 0.4) is 0 Å². The lowest BCUT2D eigenvalue weighted by atomic mass is 9.83. The monoisotopic (exact) mass is 593 g/mol. The fourth-order valence-corrected chi connectivity index (χ4v) is 5.93. The standard InChI is InChI=1S/C28H43N3O9Si/c1-27(2,3)24(19-12-18(37-7)10-11-20(19)31(35)36)38-16-17-14-30(26(34)29-25(17)33)23-13-21(22(15-32)39-23)40-41(8,9)28(4,5)6/h10-12,14,21-24,32H,13,15-16H2,1-9H3,(H,29,33,34)/t21-,22-,23-,24-/m1/s1. The first-order valence-corrected chi connectivity index (χ1v) is 16.5. The average Bonchev–Trinajstić information content (AvgIpc) is 3.25. The van der Waals surface area contributed by atoms with Crippen LogP contribution in [0.25, 0.3) is 0 Å². The molecule has 228 valence electrons. The normalized spacial score (nSPS) is 20.7. The van der Waals surface area contributed by atoms with Crippen LogP contribution in [0.2, 0.25) is 18.1 Å². The molecule has 0 spiro atoms. The van der Waals surface area contributed by atoms with E-state index in [2.05, 4.69) is 38.8 Å². The number of rotatable bonds is 10. The van der Waals surface area contributed by atoms with Crippen LogP contribution in [-0.2, 0) is 20.5 Å². The minimum absolute atomic E-state index is 0.0636. The maximum Gasteiger partial charge on any atom is 0.330 e. The van der Waals surface area contributed by atoms with E-state index < -0.39 is 54.4 Å². The van der Waals surface area contributed by atoms with E-state index in [-0.39, 0.29) is 29.5 Å². The topological polar surface area (TPSA) is 155 Å². The van der Waals surface area contributed by atoms with Gasteiger partial charge in [-0.15, -0.1) is 0 Å². The molecule has 0 aliphatic carbocycles. The van der Waals surface area contributed by atoms with Crippen LogP contribution in [0.1, 0.15) is 71.4 Å². The molecule has 1 fully saturated rings. The molecule has 0 bridgehead atoms. The van der Waals surface area contributed by atoms with Gasteiger partial charge in [0.15, 0.2) is 8.32 Å². The Bertz CT molecular complexity index is 1360. The van der Waals surface area contributed by atoms with Crippen LogP contribution in [-0.4, -0.2) is 53.8 Å². The van der Waals surface area contributed by atoms with Crippen molar-refractivity contribution in [3.8, 4) is 5.75 Å². The highest BCUT2D eigenvalue weighted by Gasteiger charge is 2.45. The number of methoxy groups -OCH3 is 1. The van der Waals surface area contributed by atoms with E-state index in [4.69, 9.17) is 18.6 Å². The third-order valence-corrected chi connectivity index (χ3v) is 12.4. The van der Waals surface area contributed by atoms with E-state index in [1.807, 2.05) is 20.8 Å². The number of nitro benzene ring substituents is 1. The lowest BCUT2D eigenvalue weighted by molar-refractivity contribution is -0.386. The highest BCUT2D eigenvalue weighted by molar-refractivity contribution is 6.74. The van der Waals surface area contributed by atoms with E-state index in [1.165, 1.54) is 30.0 Å². The largest absolute Gasteiger partial charge is 0.497 e. The molecule has 4 atom stereocenters. The molecule has 3 rings (SSSR count). The third-order valence-electron chi connectivity index (χ3n) is 7.87. The van der Waals surface area contributed by atoms with Gasteiger partial charge >= 0.3 is 5.69 Å². The number of nitro groups is 1. The number of nitrogens with zero attached hydrogens (tertiary/aromatic N) is 2. The van der Waals surface area contributed by atoms with Crippen molar-refractivity contribution < 1.29 is 28.7 Å². The minimum atomic E-state index is -2.20. The van der Waals surface area contributed by atoms with Gasteiger partial charge in [0.25, 0.3) is 11.2 Å². The van der Waals surface area contributed by atoms with E-state index in [0.29, 0.717) is 17.7 Å². The fourth-order valence-electron chi connectivity index (χ4n) is 4.57. The van der Waals surface area contributed by atoms with E-state index in [9.17, 15) is 24.8 Å². The Morgan fingerprint density at radius 2 is 1.88 bits per heavy atom. The fraction of sp³-hybridized carbons (Fsp3) is 0.643. The van der Waals surface area contributed by atoms with Crippen LogP contribution in [0.4, 0.5) is 5.69 Å². The van der Waals surface area contributed by atoms with Gasteiger partial charge in [-0.25, -0.2) is 4.79 Å². The lowest BCUT2D eigenvalue weighted by Gasteiger charge is -2.39. The number of nitrogens with one attached hydrogen (secondary N) is 1. The molecule has 1 aliphatic heterocycles. The molecular formula is C28H43N3O9Si. The molecule has 1 aliphatic rings. The predicted molar refractivity (Wildman–Crippen MR) is 156 cm³/mol. The van der Waals surface area contributed by atoms with Crippen molar-refractivity contribution in [2.24, 2.45) is 5.41 Å². The minimum Gasteiger partial charge on any atom is -0.497 e. The van der Waals surface area contributed by atoms with Gasteiger partial charge < -0.3 is 23.7 Å². The van der Waals surface area contributed by atoms with Crippen LogP contribution in [0.15, 0.2) is 34.0 Å². The highest BCUT2D eigenvalue weighted by atomic mass is 28.4. The Labute approximate surface area is 240 Å². The maximum absolute atomic E-state index is 12.8. The molecule has 2 aromatic rings. The molecule has 13 heteroatoms. The van der Waals surface area contributed by atoms with Gasteiger partial charge in [-0.1, -0.05) is 41.5 Å². The number of aliphatic hydroxyl groups is 1. The molecule has 2 N–H and O–H groups in total. The van der Waals surface area contributed by atoms with Gasteiger partial charge in [-0.05, 0) is 35.7 Å². The number of H-pyrrole nitrogens is 1. The Kier molecular flexibility index (Phi) is 9.70. The Balaban J connectivity index is 1.92. The molecule has 0 radical (unpaired) electrons. The zero-order valence-corrected chi connectivity index (χ0v) is 26.3. The lowest BCUT2D eigenvalue weighted by Crippen LogP contribution is -2.46. The van der Waals surface area contributed by atoms with Crippen LogP contribution >= 0.6 is 0 Å². The molecule has 12 nitrogen and oxygen atoms in total. The number of ether oxygens (including phenoxy) is 3. The number of hydrogen-bond acceptors (Lipinski definition) is 9. The summed E-state index contributed by atoms with van der Waals surface area (Å²) in [5, 5.41) is 21.7. The van der Waals surface area contributed by atoms with Crippen LogP contribution in [0, 0.1) is 15.5 Å². The van der Waals surface area contributed by atoms with Gasteiger partial charge in [-0.3, -0.25) is 24.5 Å². The summed E-state index contributed by atoms with van der Waals surface area (Å²) in [4.78, 5) is 39.3. The molecule has 1 aromatic heterocycles. The van der Waals surface area contributed by atoms with E-state index in [1.54, 1.807) is 6.07 Å². The molecule has 2 heterocycles. The second-order valence-electron chi connectivity index (χ2n) is 13.0.